The molecule has 1 N–H and O–H groups in total. The fraction of sp³-hybridized carbons (Fsp3) is 1.00. The van der Waals surface area contributed by atoms with E-state index in [0.29, 0.717) is 39.6 Å². The van der Waals surface area contributed by atoms with E-state index < -0.39 is 0 Å². The molecule has 0 spiro atoms. The van der Waals surface area contributed by atoms with Crippen molar-refractivity contribution in [2.24, 2.45) is 5.92 Å². The molecule has 0 unspecified atom stereocenters. The highest BCUT2D eigenvalue weighted by atomic mass is 16.6. The fourth-order valence-corrected chi connectivity index (χ4v) is 1.80. The van der Waals surface area contributed by atoms with Gasteiger partial charge in [-0.25, -0.2) is 0 Å². The standard InChI is InChI=1S/C17H37NO4/c1-4-7-18-8-10-20-12-14-22-16-15-21-13-11-19-9-5-6-17(2)3/h17-18H,4-16H2,1-3H3. The minimum atomic E-state index is 0.616. The van der Waals surface area contributed by atoms with Crippen LogP contribution in [0.4, 0.5) is 0 Å². The van der Waals surface area contributed by atoms with Crippen LogP contribution in [0.1, 0.15) is 40.0 Å². The molecule has 5 nitrogen and oxygen atoms in total. The number of hydrogen-bond donors (Lipinski definition) is 1. The topological polar surface area (TPSA) is 49.0 Å². The SMILES string of the molecule is CCCNCCOCCOCCOCCOCCCC(C)C. The maximum Gasteiger partial charge on any atom is 0.0701 e. The summed E-state index contributed by atoms with van der Waals surface area (Å²) in [6.07, 6.45) is 3.52. The third-order valence-corrected chi connectivity index (χ3v) is 3.04. The Bertz CT molecular complexity index is 203. The molecule has 0 radical (unpaired) electrons. The second kappa shape index (κ2) is 18.8. The predicted octanol–water partition coefficient (Wildman–Crippen LogP) is 2.49. The Hall–Kier alpha value is -0.200. The van der Waals surface area contributed by atoms with Crippen LogP contribution in [-0.4, -0.2) is 65.9 Å². The lowest BCUT2D eigenvalue weighted by atomic mass is 10.1. The average Bonchev–Trinajstić information content (AvgIpc) is 2.50. The monoisotopic (exact) mass is 319 g/mol. The zero-order valence-corrected chi connectivity index (χ0v) is 14.9. The molecule has 22 heavy (non-hydrogen) atoms. The lowest BCUT2D eigenvalue weighted by Crippen LogP contribution is -2.21. The third kappa shape index (κ3) is 19.8. The third-order valence-electron chi connectivity index (χ3n) is 3.04. The molecule has 0 saturated heterocycles. The van der Waals surface area contributed by atoms with Crippen molar-refractivity contribution in [3.63, 3.8) is 0 Å². The van der Waals surface area contributed by atoms with Gasteiger partial charge >= 0.3 is 0 Å². The van der Waals surface area contributed by atoms with Crippen LogP contribution in [0.2, 0.25) is 0 Å². The molecule has 5 heteroatoms. The van der Waals surface area contributed by atoms with Crippen molar-refractivity contribution in [1.29, 1.82) is 0 Å². The van der Waals surface area contributed by atoms with E-state index in [1.165, 1.54) is 6.42 Å². The number of hydrogen-bond acceptors (Lipinski definition) is 5. The van der Waals surface area contributed by atoms with Crippen LogP contribution in [-0.2, 0) is 18.9 Å². The first kappa shape index (κ1) is 21.8. The molecule has 0 rings (SSSR count). The summed E-state index contributed by atoms with van der Waals surface area (Å²) in [5.74, 6) is 0.758. The van der Waals surface area contributed by atoms with Gasteiger partial charge in [-0.1, -0.05) is 20.8 Å². The highest BCUT2D eigenvalue weighted by Crippen LogP contribution is 2.02. The quantitative estimate of drug-likeness (QED) is 0.393. The van der Waals surface area contributed by atoms with Gasteiger partial charge in [-0.3, -0.25) is 0 Å². The average molecular weight is 319 g/mol. The fourth-order valence-electron chi connectivity index (χ4n) is 1.80. The summed E-state index contributed by atoms with van der Waals surface area (Å²) in [4.78, 5) is 0. The summed E-state index contributed by atoms with van der Waals surface area (Å²) in [5, 5.41) is 3.29. The van der Waals surface area contributed by atoms with Crippen molar-refractivity contribution in [2.75, 3.05) is 65.9 Å². The van der Waals surface area contributed by atoms with Crippen LogP contribution in [0, 0.1) is 5.92 Å². The summed E-state index contributed by atoms with van der Waals surface area (Å²) in [7, 11) is 0. The number of nitrogens with one attached hydrogen (secondary N) is 1. The van der Waals surface area contributed by atoms with Crippen LogP contribution >= 0.6 is 0 Å². The van der Waals surface area contributed by atoms with E-state index >= 15 is 0 Å². The zero-order valence-electron chi connectivity index (χ0n) is 14.9. The summed E-state index contributed by atoms with van der Waals surface area (Å²) in [6.45, 7) is 14.0. The second-order valence-corrected chi connectivity index (χ2v) is 5.74. The van der Waals surface area contributed by atoms with Gasteiger partial charge in [0.1, 0.15) is 0 Å². The van der Waals surface area contributed by atoms with Gasteiger partial charge in [0.15, 0.2) is 0 Å². The van der Waals surface area contributed by atoms with Crippen LogP contribution < -0.4 is 5.32 Å². The van der Waals surface area contributed by atoms with Gasteiger partial charge in [0.05, 0.1) is 46.2 Å². The first-order chi connectivity index (χ1) is 10.8. The Labute approximate surface area is 137 Å². The van der Waals surface area contributed by atoms with Crippen molar-refractivity contribution >= 4 is 0 Å². The molecule has 134 valence electrons. The smallest absolute Gasteiger partial charge is 0.0701 e. The van der Waals surface area contributed by atoms with Gasteiger partial charge in [-0.2, -0.15) is 0 Å². The largest absolute Gasteiger partial charge is 0.379 e. The van der Waals surface area contributed by atoms with Crippen molar-refractivity contribution in [3.8, 4) is 0 Å². The molecule has 0 aliphatic carbocycles. The van der Waals surface area contributed by atoms with Gasteiger partial charge in [-0.15, -0.1) is 0 Å². The van der Waals surface area contributed by atoms with E-state index in [2.05, 4.69) is 26.1 Å². The lowest BCUT2D eigenvalue weighted by molar-refractivity contribution is -0.00193. The molecule has 0 aromatic heterocycles. The molecular formula is C17H37NO4. The molecule has 0 fully saturated rings. The minimum Gasteiger partial charge on any atom is -0.379 e. The van der Waals surface area contributed by atoms with Gasteiger partial charge < -0.3 is 24.3 Å². The predicted molar refractivity (Wildman–Crippen MR) is 90.5 cm³/mol. The molecule has 0 amide bonds. The maximum absolute atomic E-state index is 5.49. The molecule has 0 aliphatic heterocycles. The van der Waals surface area contributed by atoms with Crippen molar-refractivity contribution in [1.82, 2.24) is 5.32 Å². The van der Waals surface area contributed by atoms with Gasteiger partial charge in [0.2, 0.25) is 0 Å². The molecule has 0 bridgehead atoms. The highest BCUT2D eigenvalue weighted by Gasteiger charge is 1.95. The van der Waals surface area contributed by atoms with Crippen molar-refractivity contribution in [3.05, 3.63) is 0 Å². The highest BCUT2D eigenvalue weighted by molar-refractivity contribution is 4.45. The second-order valence-electron chi connectivity index (χ2n) is 5.74. The normalized spacial score (nSPS) is 11.5. The van der Waals surface area contributed by atoms with Crippen LogP contribution in [0.5, 0.6) is 0 Å². The van der Waals surface area contributed by atoms with E-state index in [0.717, 1.165) is 45.1 Å². The summed E-state index contributed by atoms with van der Waals surface area (Å²) in [5.41, 5.74) is 0. The van der Waals surface area contributed by atoms with Crippen LogP contribution in [0.25, 0.3) is 0 Å². The molecular weight excluding hydrogens is 282 g/mol. The summed E-state index contributed by atoms with van der Waals surface area (Å²) in [6, 6.07) is 0. The Morgan fingerprint density at radius 2 is 1.18 bits per heavy atom. The molecule has 0 heterocycles. The zero-order chi connectivity index (χ0) is 16.3. The molecule has 0 aromatic carbocycles. The van der Waals surface area contributed by atoms with E-state index in [4.69, 9.17) is 18.9 Å². The van der Waals surface area contributed by atoms with Gasteiger partial charge in [0.25, 0.3) is 0 Å². The van der Waals surface area contributed by atoms with Crippen LogP contribution in [0.3, 0.4) is 0 Å². The van der Waals surface area contributed by atoms with Crippen molar-refractivity contribution in [2.45, 2.75) is 40.0 Å². The molecule has 0 aliphatic rings. The maximum atomic E-state index is 5.49. The van der Waals surface area contributed by atoms with E-state index in [-0.39, 0.29) is 0 Å². The first-order valence-corrected chi connectivity index (χ1v) is 8.79. The molecule has 0 atom stereocenters. The Kier molecular flexibility index (Phi) is 18.7. The Morgan fingerprint density at radius 3 is 1.68 bits per heavy atom. The van der Waals surface area contributed by atoms with Gasteiger partial charge in [0, 0.05) is 13.2 Å². The summed E-state index contributed by atoms with van der Waals surface area (Å²) >= 11 is 0. The summed E-state index contributed by atoms with van der Waals surface area (Å²) < 4.78 is 21.8. The first-order valence-electron chi connectivity index (χ1n) is 8.79. The van der Waals surface area contributed by atoms with Crippen molar-refractivity contribution < 1.29 is 18.9 Å². The van der Waals surface area contributed by atoms with Gasteiger partial charge in [-0.05, 0) is 31.7 Å². The lowest BCUT2D eigenvalue weighted by Gasteiger charge is -2.08. The van der Waals surface area contributed by atoms with E-state index in [1.54, 1.807) is 0 Å². The Morgan fingerprint density at radius 1 is 0.682 bits per heavy atom. The number of ether oxygens (including phenoxy) is 4. The molecule has 0 aromatic rings. The van der Waals surface area contributed by atoms with Crippen LogP contribution in [0.15, 0.2) is 0 Å². The molecule has 0 saturated carbocycles. The minimum absolute atomic E-state index is 0.616. The van der Waals surface area contributed by atoms with E-state index in [9.17, 15) is 0 Å². The number of rotatable bonds is 18. The Balaban J connectivity index is 2.94. The van der Waals surface area contributed by atoms with E-state index in [1.807, 2.05) is 0 Å².